The minimum atomic E-state index is 0.612. The monoisotopic (exact) mass is 243 g/mol. The van der Waals surface area contributed by atoms with Crippen LogP contribution in [0.5, 0.6) is 0 Å². The Hall–Kier alpha value is -1.61. The largest absolute Gasteiger partial charge is 0.333 e. The summed E-state index contributed by atoms with van der Waals surface area (Å²) >= 11 is 0. The minimum absolute atomic E-state index is 0.612. The van der Waals surface area contributed by atoms with Crippen LogP contribution >= 0.6 is 0 Å². The molecule has 0 bridgehead atoms. The smallest absolute Gasteiger partial charge is 0.0956 e. The van der Waals surface area contributed by atoms with E-state index >= 15 is 0 Å². The Balaban J connectivity index is 2.41. The van der Waals surface area contributed by atoms with E-state index in [-0.39, 0.29) is 0 Å². The van der Waals surface area contributed by atoms with Gasteiger partial charge in [0, 0.05) is 24.3 Å². The summed E-state index contributed by atoms with van der Waals surface area (Å²) < 4.78 is 2.18. The molecular weight excluding hydrogens is 222 g/mol. The molecule has 0 unspecified atom stereocenters. The van der Waals surface area contributed by atoms with E-state index in [1.165, 1.54) is 11.3 Å². The number of nitrogens with zero attached hydrogens (tertiary/aromatic N) is 2. The lowest BCUT2D eigenvalue weighted by molar-refractivity contribution is 0.589. The normalized spacial score (nSPS) is 11.1. The minimum Gasteiger partial charge on any atom is -0.333 e. The summed E-state index contributed by atoms with van der Waals surface area (Å²) in [6.45, 7) is 5.95. The van der Waals surface area contributed by atoms with E-state index in [9.17, 15) is 0 Å². The van der Waals surface area contributed by atoms with Gasteiger partial charge in [-0.05, 0) is 12.3 Å². The zero-order valence-electron chi connectivity index (χ0n) is 11.1. The Labute approximate surface area is 109 Å². The van der Waals surface area contributed by atoms with Gasteiger partial charge in [0.05, 0.1) is 12.0 Å². The third kappa shape index (κ3) is 2.79. The van der Waals surface area contributed by atoms with Crippen LogP contribution in [0.2, 0.25) is 0 Å². The average molecular weight is 243 g/mol. The zero-order valence-corrected chi connectivity index (χ0v) is 11.1. The molecule has 96 valence electrons. The van der Waals surface area contributed by atoms with Gasteiger partial charge in [-0.25, -0.2) is 4.98 Å². The summed E-state index contributed by atoms with van der Waals surface area (Å²) in [5, 5.41) is 0. The number of rotatable bonds is 5. The Bertz CT molecular complexity index is 486. The number of imidazole rings is 1. The third-order valence-electron chi connectivity index (χ3n) is 2.97. The number of hydrogen-bond donors (Lipinski definition) is 1. The molecule has 0 aliphatic rings. The van der Waals surface area contributed by atoms with Gasteiger partial charge in [0.25, 0.3) is 0 Å². The Kier molecular flexibility index (Phi) is 4.15. The molecule has 2 N–H and O–H groups in total. The standard InChI is InChI=1S/C15H21N3/c1-12(2)10-14-15(13-6-4-3-5-7-13)17-11-18(14)9-8-16/h3-7,11-12H,8-10,16H2,1-2H3. The summed E-state index contributed by atoms with van der Waals surface area (Å²) in [5.41, 5.74) is 9.23. The molecule has 1 aromatic heterocycles. The first-order valence-corrected chi connectivity index (χ1v) is 6.52. The maximum Gasteiger partial charge on any atom is 0.0956 e. The second-order valence-corrected chi connectivity index (χ2v) is 4.99. The fourth-order valence-corrected chi connectivity index (χ4v) is 2.18. The molecule has 3 heteroatoms. The first kappa shape index (κ1) is 12.8. The lowest BCUT2D eigenvalue weighted by atomic mass is 10.0. The van der Waals surface area contributed by atoms with Crippen molar-refractivity contribution in [3.05, 3.63) is 42.4 Å². The summed E-state index contributed by atoms with van der Waals surface area (Å²) in [4.78, 5) is 4.57. The molecule has 0 saturated carbocycles. The lowest BCUT2D eigenvalue weighted by Gasteiger charge is -2.11. The summed E-state index contributed by atoms with van der Waals surface area (Å²) in [6.07, 6.45) is 2.94. The molecule has 18 heavy (non-hydrogen) atoms. The highest BCUT2D eigenvalue weighted by Gasteiger charge is 2.13. The highest BCUT2D eigenvalue weighted by molar-refractivity contribution is 5.61. The van der Waals surface area contributed by atoms with Crippen molar-refractivity contribution in [2.24, 2.45) is 11.7 Å². The molecule has 0 radical (unpaired) electrons. The van der Waals surface area contributed by atoms with Crippen molar-refractivity contribution >= 4 is 0 Å². The van der Waals surface area contributed by atoms with Crippen LogP contribution in [0.25, 0.3) is 11.3 Å². The van der Waals surface area contributed by atoms with E-state index in [4.69, 9.17) is 5.73 Å². The highest BCUT2D eigenvalue weighted by atomic mass is 15.1. The lowest BCUT2D eigenvalue weighted by Crippen LogP contribution is -2.13. The van der Waals surface area contributed by atoms with Gasteiger partial charge >= 0.3 is 0 Å². The van der Waals surface area contributed by atoms with Gasteiger partial charge in [0.1, 0.15) is 0 Å². The van der Waals surface area contributed by atoms with Gasteiger partial charge in [-0.2, -0.15) is 0 Å². The van der Waals surface area contributed by atoms with Gasteiger partial charge in [-0.1, -0.05) is 44.2 Å². The quantitative estimate of drug-likeness (QED) is 0.877. The Morgan fingerprint density at radius 2 is 1.94 bits per heavy atom. The fraction of sp³-hybridized carbons (Fsp3) is 0.400. The van der Waals surface area contributed by atoms with E-state index < -0.39 is 0 Å². The summed E-state index contributed by atoms with van der Waals surface area (Å²) in [5.74, 6) is 0.612. The highest BCUT2D eigenvalue weighted by Crippen LogP contribution is 2.24. The Morgan fingerprint density at radius 1 is 1.22 bits per heavy atom. The van der Waals surface area contributed by atoms with E-state index in [2.05, 4.69) is 47.7 Å². The van der Waals surface area contributed by atoms with Gasteiger partial charge in [0.2, 0.25) is 0 Å². The summed E-state index contributed by atoms with van der Waals surface area (Å²) in [6, 6.07) is 10.4. The second kappa shape index (κ2) is 5.83. The zero-order chi connectivity index (χ0) is 13.0. The van der Waals surface area contributed by atoms with Crippen molar-refractivity contribution in [1.29, 1.82) is 0 Å². The number of aromatic nitrogens is 2. The third-order valence-corrected chi connectivity index (χ3v) is 2.97. The number of benzene rings is 1. The molecule has 1 aromatic carbocycles. The van der Waals surface area contributed by atoms with Crippen LogP contribution in [0.1, 0.15) is 19.5 Å². The van der Waals surface area contributed by atoms with Gasteiger partial charge in [0.15, 0.2) is 0 Å². The topological polar surface area (TPSA) is 43.8 Å². The predicted molar refractivity (Wildman–Crippen MR) is 75.3 cm³/mol. The average Bonchev–Trinajstić information content (AvgIpc) is 2.73. The van der Waals surface area contributed by atoms with Crippen molar-refractivity contribution in [3.8, 4) is 11.3 Å². The van der Waals surface area contributed by atoms with Crippen LogP contribution in [0, 0.1) is 5.92 Å². The first-order valence-electron chi connectivity index (χ1n) is 6.52. The van der Waals surface area contributed by atoms with Crippen LogP contribution in [0.15, 0.2) is 36.7 Å². The molecular formula is C15H21N3. The molecule has 0 atom stereocenters. The van der Waals surface area contributed by atoms with Gasteiger partial charge < -0.3 is 10.3 Å². The molecule has 3 nitrogen and oxygen atoms in total. The molecule has 2 rings (SSSR count). The van der Waals surface area contributed by atoms with Crippen molar-refractivity contribution < 1.29 is 0 Å². The van der Waals surface area contributed by atoms with E-state index in [1.54, 1.807) is 0 Å². The molecule has 2 aromatic rings. The number of nitrogens with two attached hydrogens (primary N) is 1. The Morgan fingerprint density at radius 3 is 2.56 bits per heavy atom. The van der Waals surface area contributed by atoms with Crippen LogP contribution in [0.4, 0.5) is 0 Å². The van der Waals surface area contributed by atoms with Crippen molar-refractivity contribution in [1.82, 2.24) is 9.55 Å². The van der Waals surface area contributed by atoms with Crippen molar-refractivity contribution in [3.63, 3.8) is 0 Å². The molecule has 0 saturated heterocycles. The second-order valence-electron chi connectivity index (χ2n) is 4.99. The van der Waals surface area contributed by atoms with E-state index in [1.807, 2.05) is 12.4 Å². The van der Waals surface area contributed by atoms with E-state index in [0.717, 1.165) is 18.7 Å². The molecule has 0 amide bonds. The summed E-state index contributed by atoms with van der Waals surface area (Å²) in [7, 11) is 0. The van der Waals surface area contributed by atoms with Crippen LogP contribution < -0.4 is 5.73 Å². The van der Waals surface area contributed by atoms with Crippen LogP contribution in [-0.4, -0.2) is 16.1 Å². The SMILES string of the molecule is CC(C)Cc1c(-c2ccccc2)ncn1CCN. The number of hydrogen-bond acceptors (Lipinski definition) is 2. The van der Waals surface area contributed by atoms with Crippen LogP contribution in [0.3, 0.4) is 0 Å². The van der Waals surface area contributed by atoms with E-state index in [0.29, 0.717) is 12.5 Å². The van der Waals surface area contributed by atoms with Crippen molar-refractivity contribution in [2.45, 2.75) is 26.8 Å². The fourth-order valence-electron chi connectivity index (χ4n) is 2.18. The maximum absolute atomic E-state index is 5.66. The molecule has 0 spiro atoms. The van der Waals surface area contributed by atoms with Gasteiger partial charge in [-0.3, -0.25) is 0 Å². The molecule has 0 aliphatic heterocycles. The van der Waals surface area contributed by atoms with Gasteiger partial charge in [-0.15, -0.1) is 0 Å². The van der Waals surface area contributed by atoms with Crippen molar-refractivity contribution in [2.75, 3.05) is 6.54 Å². The molecule has 0 aliphatic carbocycles. The maximum atomic E-state index is 5.66. The van der Waals surface area contributed by atoms with Crippen LogP contribution in [-0.2, 0) is 13.0 Å². The predicted octanol–water partition coefficient (Wildman–Crippen LogP) is 2.71. The molecule has 0 fully saturated rings. The first-order chi connectivity index (χ1) is 8.72. The molecule has 1 heterocycles.